The van der Waals surface area contributed by atoms with E-state index in [9.17, 15) is 24.3 Å². The number of aliphatic imine (C=N–C) groups is 1. The Bertz CT molecular complexity index is 742. The SMILES string of the molecule is CCC(C)C(NC(=O)C(CCSC)NC(=O)C1CCCN1)C(=O)NC(CCCN=C(N)N)C(=O)O. The molecule has 5 atom stereocenters. The van der Waals surface area contributed by atoms with Crippen molar-refractivity contribution in [3.05, 3.63) is 0 Å². The van der Waals surface area contributed by atoms with Gasteiger partial charge in [-0.15, -0.1) is 0 Å². The van der Waals surface area contributed by atoms with E-state index in [-0.39, 0.29) is 36.8 Å². The number of hydrogen-bond donors (Lipinski definition) is 7. The first kappa shape index (κ1) is 30.5. The predicted octanol–water partition coefficient (Wildman–Crippen LogP) is -0.870. The van der Waals surface area contributed by atoms with Gasteiger partial charge in [0.25, 0.3) is 0 Å². The Hall–Kier alpha value is -2.54. The standard InChI is InChI=1S/C22H41N7O5S/c1-4-13(2)17(20(32)28-16(21(33)34)8-6-11-26-22(23)24)29-19(31)15(9-12-35-3)27-18(30)14-7-5-10-25-14/h13-17,25H,4-12H2,1-3H3,(H,27,30)(H,28,32)(H,29,31)(H,33,34)(H4,23,24,26). The number of carbonyl (C=O) groups excluding carboxylic acids is 3. The van der Waals surface area contributed by atoms with Gasteiger partial charge in [0.05, 0.1) is 6.04 Å². The summed E-state index contributed by atoms with van der Waals surface area (Å²) in [5, 5.41) is 20.7. The second kappa shape index (κ2) is 16.2. The molecule has 1 saturated heterocycles. The van der Waals surface area contributed by atoms with Crippen molar-refractivity contribution in [1.29, 1.82) is 0 Å². The molecule has 12 nitrogen and oxygen atoms in total. The van der Waals surface area contributed by atoms with Crippen LogP contribution in [-0.2, 0) is 19.2 Å². The number of hydrogen-bond acceptors (Lipinski definition) is 7. The Labute approximate surface area is 211 Å². The van der Waals surface area contributed by atoms with Crippen molar-refractivity contribution in [3.8, 4) is 0 Å². The van der Waals surface area contributed by atoms with Crippen LogP contribution in [0.25, 0.3) is 0 Å². The minimum absolute atomic E-state index is 0.0905. The molecule has 1 aliphatic heterocycles. The maximum Gasteiger partial charge on any atom is 0.326 e. The molecule has 1 heterocycles. The van der Waals surface area contributed by atoms with Crippen LogP contribution in [0.5, 0.6) is 0 Å². The number of carbonyl (C=O) groups is 4. The third kappa shape index (κ3) is 11.2. The van der Waals surface area contributed by atoms with Crippen molar-refractivity contribution in [3.63, 3.8) is 0 Å². The van der Waals surface area contributed by atoms with E-state index < -0.39 is 35.9 Å². The van der Waals surface area contributed by atoms with Gasteiger partial charge >= 0.3 is 5.97 Å². The van der Waals surface area contributed by atoms with Gasteiger partial charge in [-0.05, 0) is 56.6 Å². The second-order valence-corrected chi connectivity index (χ2v) is 9.70. The van der Waals surface area contributed by atoms with Gasteiger partial charge in [-0.3, -0.25) is 19.4 Å². The van der Waals surface area contributed by atoms with Crippen LogP contribution in [0.15, 0.2) is 4.99 Å². The van der Waals surface area contributed by atoms with Gasteiger partial charge in [0.15, 0.2) is 5.96 Å². The highest BCUT2D eigenvalue weighted by Crippen LogP contribution is 2.12. The highest BCUT2D eigenvalue weighted by Gasteiger charge is 2.33. The minimum Gasteiger partial charge on any atom is -0.480 e. The lowest BCUT2D eigenvalue weighted by atomic mass is 9.97. The van der Waals surface area contributed by atoms with Crippen molar-refractivity contribution < 1.29 is 24.3 Å². The van der Waals surface area contributed by atoms with Crippen molar-refractivity contribution in [2.45, 2.75) is 76.5 Å². The summed E-state index contributed by atoms with van der Waals surface area (Å²) in [7, 11) is 0. The first-order chi connectivity index (χ1) is 16.6. The second-order valence-electron chi connectivity index (χ2n) is 8.71. The number of carboxylic acid groups (broad SMARTS) is 1. The topological polar surface area (TPSA) is 201 Å². The number of aliphatic carboxylic acids is 1. The highest BCUT2D eigenvalue weighted by molar-refractivity contribution is 7.98. The van der Waals surface area contributed by atoms with Gasteiger partial charge in [-0.2, -0.15) is 11.8 Å². The van der Waals surface area contributed by atoms with E-state index >= 15 is 0 Å². The lowest BCUT2D eigenvalue weighted by molar-refractivity contribution is -0.143. The number of guanidine groups is 1. The fourth-order valence-electron chi connectivity index (χ4n) is 3.66. The molecule has 0 spiro atoms. The van der Waals surface area contributed by atoms with Crippen molar-refractivity contribution >= 4 is 41.4 Å². The highest BCUT2D eigenvalue weighted by atomic mass is 32.2. The van der Waals surface area contributed by atoms with E-state index in [4.69, 9.17) is 11.5 Å². The number of thioether (sulfide) groups is 1. The summed E-state index contributed by atoms with van der Waals surface area (Å²) < 4.78 is 0. The number of carboxylic acids is 1. The van der Waals surface area contributed by atoms with Crippen molar-refractivity contribution in [1.82, 2.24) is 21.3 Å². The largest absolute Gasteiger partial charge is 0.480 e. The molecule has 3 amide bonds. The predicted molar refractivity (Wildman–Crippen MR) is 137 cm³/mol. The molecule has 35 heavy (non-hydrogen) atoms. The average molecular weight is 516 g/mol. The molecule has 13 heteroatoms. The summed E-state index contributed by atoms with van der Waals surface area (Å²) in [6.45, 7) is 4.67. The van der Waals surface area contributed by atoms with Crippen molar-refractivity contribution in [2.75, 3.05) is 25.1 Å². The Kier molecular flexibility index (Phi) is 14.1. The average Bonchev–Trinajstić information content (AvgIpc) is 3.36. The van der Waals surface area contributed by atoms with Crippen LogP contribution in [0.2, 0.25) is 0 Å². The molecule has 200 valence electrons. The zero-order chi connectivity index (χ0) is 26.4. The molecule has 0 radical (unpaired) electrons. The van der Waals surface area contributed by atoms with E-state index in [0.717, 1.165) is 13.0 Å². The molecule has 1 fully saturated rings. The van der Waals surface area contributed by atoms with Crippen LogP contribution in [0.3, 0.4) is 0 Å². The summed E-state index contributed by atoms with van der Waals surface area (Å²) in [6.07, 6.45) is 4.97. The van der Waals surface area contributed by atoms with Gasteiger partial charge in [-0.25, -0.2) is 4.79 Å². The van der Waals surface area contributed by atoms with Crippen molar-refractivity contribution in [2.24, 2.45) is 22.4 Å². The van der Waals surface area contributed by atoms with Crippen LogP contribution in [0.1, 0.15) is 52.4 Å². The summed E-state index contributed by atoms with van der Waals surface area (Å²) in [5.41, 5.74) is 10.6. The Morgan fingerprint density at radius 1 is 1.11 bits per heavy atom. The molecule has 0 aliphatic carbocycles. The normalized spacial score (nSPS) is 18.5. The summed E-state index contributed by atoms with van der Waals surface area (Å²) in [4.78, 5) is 54.3. The number of rotatable bonds is 16. The third-order valence-electron chi connectivity index (χ3n) is 5.97. The van der Waals surface area contributed by atoms with Gasteiger partial charge in [0.2, 0.25) is 17.7 Å². The Balaban J connectivity index is 2.88. The molecule has 9 N–H and O–H groups in total. The lowest BCUT2D eigenvalue weighted by Gasteiger charge is -2.28. The Morgan fingerprint density at radius 3 is 2.37 bits per heavy atom. The van der Waals surface area contributed by atoms with Gasteiger partial charge in [0.1, 0.15) is 18.1 Å². The summed E-state index contributed by atoms with van der Waals surface area (Å²) in [5.74, 6) is -2.19. The lowest BCUT2D eigenvalue weighted by Crippen LogP contribution is -2.58. The summed E-state index contributed by atoms with van der Waals surface area (Å²) >= 11 is 1.55. The van der Waals surface area contributed by atoms with E-state index in [0.29, 0.717) is 31.4 Å². The van der Waals surface area contributed by atoms with E-state index in [1.54, 1.807) is 18.7 Å². The van der Waals surface area contributed by atoms with Gasteiger partial charge in [0, 0.05) is 6.54 Å². The minimum atomic E-state index is -1.19. The van der Waals surface area contributed by atoms with Crippen LogP contribution in [0.4, 0.5) is 0 Å². The zero-order valence-electron chi connectivity index (χ0n) is 20.8. The zero-order valence-corrected chi connectivity index (χ0v) is 21.7. The van der Waals surface area contributed by atoms with Crippen LogP contribution < -0.4 is 32.7 Å². The molecular weight excluding hydrogens is 474 g/mol. The maximum atomic E-state index is 13.1. The number of nitrogens with one attached hydrogen (secondary N) is 4. The van der Waals surface area contributed by atoms with E-state index in [1.165, 1.54) is 0 Å². The molecule has 1 aliphatic rings. The van der Waals surface area contributed by atoms with E-state index in [1.807, 2.05) is 13.2 Å². The van der Waals surface area contributed by atoms with Crippen LogP contribution in [-0.4, -0.2) is 84.0 Å². The van der Waals surface area contributed by atoms with Crippen LogP contribution in [0, 0.1) is 5.92 Å². The number of nitrogens with two attached hydrogens (primary N) is 2. The fourth-order valence-corrected chi connectivity index (χ4v) is 4.13. The quantitative estimate of drug-likeness (QED) is 0.0775. The first-order valence-electron chi connectivity index (χ1n) is 12.0. The smallest absolute Gasteiger partial charge is 0.326 e. The van der Waals surface area contributed by atoms with Gasteiger partial charge < -0.3 is 37.8 Å². The third-order valence-corrected chi connectivity index (χ3v) is 6.62. The Morgan fingerprint density at radius 2 is 1.83 bits per heavy atom. The monoisotopic (exact) mass is 515 g/mol. The van der Waals surface area contributed by atoms with Gasteiger partial charge in [-0.1, -0.05) is 20.3 Å². The fraction of sp³-hybridized carbons (Fsp3) is 0.773. The molecule has 0 bridgehead atoms. The van der Waals surface area contributed by atoms with Crippen LogP contribution >= 0.6 is 11.8 Å². The number of amides is 3. The molecular formula is C22H41N7O5S. The molecule has 5 unspecified atom stereocenters. The molecule has 0 aromatic heterocycles. The van der Waals surface area contributed by atoms with E-state index in [2.05, 4.69) is 26.3 Å². The molecule has 0 saturated carbocycles. The summed E-state index contributed by atoms with van der Waals surface area (Å²) in [6, 6.07) is -3.24. The first-order valence-corrected chi connectivity index (χ1v) is 13.4. The molecule has 0 aromatic rings. The maximum absolute atomic E-state index is 13.1. The number of nitrogens with zero attached hydrogens (tertiary/aromatic N) is 1. The molecule has 0 aromatic carbocycles. The molecule has 1 rings (SSSR count).